The Morgan fingerprint density at radius 1 is 1.32 bits per heavy atom. The Morgan fingerprint density at radius 3 is 2.95 bits per heavy atom. The quantitative estimate of drug-likeness (QED) is 0.609. The molecule has 0 saturated carbocycles. The highest BCUT2D eigenvalue weighted by atomic mass is 16.5. The van der Waals surface area contributed by atoms with Crippen LogP contribution >= 0.6 is 0 Å². The molecule has 0 atom stereocenters. The van der Waals surface area contributed by atoms with Gasteiger partial charge in [-0.05, 0) is 44.7 Å². The normalized spacial score (nSPS) is 15.1. The number of phenolic OH excluding ortho intramolecular Hbond substituents is 1. The maximum absolute atomic E-state index is 9.96. The van der Waals surface area contributed by atoms with Crippen LogP contribution in [0.1, 0.15) is 37.7 Å². The molecule has 104 valence electrons. The molecule has 0 amide bonds. The number of phenols is 1. The number of para-hydroxylation sites is 1. The van der Waals surface area contributed by atoms with E-state index in [2.05, 4.69) is 11.4 Å². The summed E-state index contributed by atoms with van der Waals surface area (Å²) in [5, 5.41) is 13.3. The van der Waals surface area contributed by atoms with Gasteiger partial charge in [0.05, 0.1) is 7.11 Å². The molecule has 0 heterocycles. The SMILES string of the molecule is COc1cccc(CNCCC2=CCCCC2)c1O. The zero-order valence-electron chi connectivity index (χ0n) is 11.6. The van der Waals surface area contributed by atoms with Crippen molar-refractivity contribution in [2.75, 3.05) is 13.7 Å². The topological polar surface area (TPSA) is 41.5 Å². The fourth-order valence-electron chi connectivity index (χ4n) is 2.48. The lowest BCUT2D eigenvalue weighted by molar-refractivity contribution is 0.369. The third-order valence-electron chi connectivity index (χ3n) is 3.63. The Balaban J connectivity index is 1.78. The van der Waals surface area contributed by atoms with Crippen molar-refractivity contribution in [3.05, 3.63) is 35.4 Å². The van der Waals surface area contributed by atoms with E-state index < -0.39 is 0 Å². The zero-order valence-corrected chi connectivity index (χ0v) is 11.6. The average Bonchev–Trinajstić information content (AvgIpc) is 2.46. The van der Waals surface area contributed by atoms with Crippen molar-refractivity contribution in [3.8, 4) is 11.5 Å². The summed E-state index contributed by atoms with van der Waals surface area (Å²) < 4.78 is 5.10. The maximum Gasteiger partial charge on any atom is 0.162 e. The number of allylic oxidation sites excluding steroid dienone is 1. The number of benzene rings is 1. The summed E-state index contributed by atoms with van der Waals surface area (Å²) in [7, 11) is 1.57. The van der Waals surface area contributed by atoms with Crippen LogP contribution in [0, 0.1) is 0 Å². The first-order valence-corrected chi connectivity index (χ1v) is 7.04. The van der Waals surface area contributed by atoms with Crippen molar-refractivity contribution in [2.24, 2.45) is 0 Å². The van der Waals surface area contributed by atoms with Gasteiger partial charge >= 0.3 is 0 Å². The van der Waals surface area contributed by atoms with Crippen molar-refractivity contribution in [2.45, 2.75) is 38.6 Å². The summed E-state index contributed by atoms with van der Waals surface area (Å²) in [5.41, 5.74) is 2.46. The molecule has 0 unspecified atom stereocenters. The van der Waals surface area contributed by atoms with Gasteiger partial charge in [-0.25, -0.2) is 0 Å². The van der Waals surface area contributed by atoms with E-state index in [-0.39, 0.29) is 5.75 Å². The van der Waals surface area contributed by atoms with Crippen molar-refractivity contribution in [3.63, 3.8) is 0 Å². The summed E-state index contributed by atoms with van der Waals surface area (Å²) in [6.45, 7) is 1.64. The Labute approximate surface area is 115 Å². The van der Waals surface area contributed by atoms with Gasteiger partial charge in [-0.3, -0.25) is 0 Å². The molecular weight excluding hydrogens is 238 g/mol. The third-order valence-corrected chi connectivity index (χ3v) is 3.63. The molecule has 0 fully saturated rings. The summed E-state index contributed by atoms with van der Waals surface area (Å²) in [6, 6.07) is 5.59. The molecule has 0 spiro atoms. The highest BCUT2D eigenvalue weighted by Gasteiger charge is 2.07. The fraction of sp³-hybridized carbons (Fsp3) is 0.500. The molecule has 1 aliphatic rings. The summed E-state index contributed by atoms with van der Waals surface area (Å²) in [6.07, 6.45) is 8.67. The summed E-state index contributed by atoms with van der Waals surface area (Å²) in [5.74, 6) is 0.781. The highest BCUT2D eigenvalue weighted by molar-refractivity contribution is 5.45. The van der Waals surface area contributed by atoms with Crippen LogP contribution in [0.25, 0.3) is 0 Å². The van der Waals surface area contributed by atoms with Crippen molar-refractivity contribution < 1.29 is 9.84 Å². The molecule has 1 aromatic rings. The molecular formula is C16H23NO2. The number of nitrogens with one attached hydrogen (secondary N) is 1. The van der Waals surface area contributed by atoms with Crippen LogP contribution in [0.15, 0.2) is 29.8 Å². The van der Waals surface area contributed by atoms with Gasteiger partial charge in [-0.15, -0.1) is 0 Å². The Bertz CT molecular complexity index is 440. The molecule has 2 N–H and O–H groups in total. The van der Waals surface area contributed by atoms with Crippen LogP contribution < -0.4 is 10.1 Å². The summed E-state index contributed by atoms with van der Waals surface area (Å²) in [4.78, 5) is 0. The van der Waals surface area contributed by atoms with Crippen molar-refractivity contribution in [1.29, 1.82) is 0 Å². The van der Waals surface area contributed by atoms with E-state index in [0.717, 1.165) is 18.5 Å². The van der Waals surface area contributed by atoms with Crippen LogP contribution in [-0.2, 0) is 6.54 Å². The first-order valence-electron chi connectivity index (χ1n) is 7.04. The van der Waals surface area contributed by atoms with E-state index in [1.54, 1.807) is 18.7 Å². The molecule has 1 aliphatic carbocycles. The second kappa shape index (κ2) is 7.19. The van der Waals surface area contributed by atoms with Crippen LogP contribution in [-0.4, -0.2) is 18.8 Å². The largest absolute Gasteiger partial charge is 0.504 e. The predicted octanol–water partition coefficient (Wildman–Crippen LogP) is 3.38. The lowest BCUT2D eigenvalue weighted by Gasteiger charge is -2.13. The predicted molar refractivity (Wildman–Crippen MR) is 77.5 cm³/mol. The molecule has 0 aliphatic heterocycles. The van der Waals surface area contributed by atoms with E-state index in [4.69, 9.17) is 4.74 Å². The van der Waals surface area contributed by atoms with Crippen LogP contribution in [0.3, 0.4) is 0 Å². The Morgan fingerprint density at radius 2 is 2.21 bits per heavy atom. The van der Waals surface area contributed by atoms with E-state index in [1.807, 2.05) is 12.1 Å². The smallest absolute Gasteiger partial charge is 0.162 e. The minimum atomic E-state index is 0.245. The molecule has 3 heteroatoms. The van der Waals surface area contributed by atoms with Gasteiger partial charge in [0.2, 0.25) is 0 Å². The third kappa shape index (κ3) is 4.00. The second-order valence-electron chi connectivity index (χ2n) is 5.00. The van der Waals surface area contributed by atoms with Crippen molar-refractivity contribution >= 4 is 0 Å². The van der Waals surface area contributed by atoms with Gasteiger partial charge in [0, 0.05) is 12.1 Å². The van der Waals surface area contributed by atoms with Gasteiger partial charge in [0.15, 0.2) is 11.5 Å². The minimum Gasteiger partial charge on any atom is -0.504 e. The first-order chi connectivity index (χ1) is 9.31. The molecule has 0 aromatic heterocycles. The summed E-state index contributed by atoms with van der Waals surface area (Å²) >= 11 is 0. The first kappa shape index (κ1) is 13.9. The standard InChI is InChI=1S/C16H23NO2/c1-19-15-9-5-8-14(16(15)18)12-17-11-10-13-6-3-2-4-7-13/h5-6,8-9,17-18H,2-4,7,10-12H2,1H3. The number of aromatic hydroxyl groups is 1. The van der Waals surface area contributed by atoms with E-state index >= 15 is 0 Å². The van der Waals surface area contributed by atoms with Crippen LogP contribution in [0.4, 0.5) is 0 Å². The number of rotatable bonds is 6. The maximum atomic E-state index is 9.96. The molecule has 0 saturated heterocycles. The lowest BCUT2D eigenvalue weighted by Crippen LogP contribution is -2.15. The monoisotopic (exact) mass is 261 g/mol. The van der Waals surface area contributed by atoms with E-state index in [0.29, 0.717) is 12.3 Å². The van der Waals surface area contributed by atoms with Crippen LogP contribution in [0.2, 0.25) is 0 Å². The zero-order chi connectivity index (χ0) is 13.5. The molecule has 2 rings (SSSR count). The number of methoxy groups -OCH3 is 1. The Kier molecular flexibility index (Phi) is 5.28. The molecule has 19 heavy (non-hydrogen) atoms. The number of hydrogen-bond acceptors (Lipinski definition) is 3. The van der Waals surface area contributed by atoms with Gasteiger partial charge in [0.1, 0.15) is 0 Å². The molecule has 1 aromatic carbocycles. The average molecular weight is 261 g/mol. The molecule has 0 bridgehead atoms. The Hall–Kier alpha value is -1.48. The molecule has 3 nitrogen and oxygen atoms in total. The van der Waals surface area contributed by atoms with Gasteiger partial charge in [-0.1, -0.05) is 23.8 Å². The van der Waals surface area contributed by atoms with E-state index in [1.165, 1.54) is 25.7 Å². The van der Waals surface area contributed by atoms with Gasteiger partial charge in [-0.2, -0.15) is 0 Å². The van der Waals surface area contributed by atoms with Gasteiger partial charge < -0.3 is 15.2 Å². The second-order valence-corrected chi connectivity index (χ2v) is 5.00. The van der Waals surface area contributed by atoms with E-state index in [9.17, 15) is 5.11 Å². The number of hydrogen-bond donors (Lipinski definition) is 2. The minimum absolute atomic E-state index is 0.245. The van der Waals surface area contributed by atoms with Crippen molar-refractivity contribution in [1.82, 2.24) is 5.32 Å². The number of ether oxygens (including phenoxy) is 1. The molecule has 0 radical (unpaired) electrons. The fourth-order valence-corrected chi connectivity index (χ4v) is 2.48. The lowest BCUT2D eigenvalue weighted by atomic mass is 9.97. The van der Waals surface area contributed by atoms with Crippen LogP contribution in [0.5, 0.6) is 11.5 Å². The van der Waals surface area contributed by atoms with Gasteiger partial charge in [0.25, 0.3) is 0 Å². The highest BCUT2D eigenvalue weighted by Crippen LogP contribution is 2.29.